The van der Waals surface area contributed by atoms with Gasteiger partial charge in [0.05, 0.1) is 25.7 Å². The van der Waals surface area contributed by atoms with Crippen molar-refractivity contribution < 1.29 is 28.6 Å². The molecule has 0 radical (unpaired) electrons. The second-order valence-corrected chi connectivity index (χ2v) is 9.45. The molecule has 34 heavy (non-hydrogen) atoms. The fourth-order valence-electron chi connectivity index (χ4n) is 4.64. The van der Waals surface area contributed by atoms with Crippen LogP contribution in [0.2, 0.25) is 0 Å². The Labute approximate surface area is 202 Å². The van der Waals surface area contributed by atoms with Crippen molar-refractivity contribution in [2.75, 3.05) is 14.2 Å². The highest BCUT2D eigenvalue weighted by molar-refractivity contribution is 7.10. The van der Waals surface area contributed by atoms with Crippen LogP contribution in [-0.2, 0) is 30.5 Å². The Morgan fingerprint density at radius 1 is 1.15 bits per heavy atom. The molecule has 1 aromatic heterocycles. The Bertz CT molecular complexity index is 1160. The predicted octanol–water partition coefficient (Wildman–Crippen LogP) is 4.11. The van der Waals surface area contributed by atoms with Crippen LogP contribution in [0.1, 0.15) is 36.6 Å². The van der Waals surface area contributed by atoms with Crippen molar-refractivity contribution in [1.29, 1.82) is 0 Å². The number of ketones is 1. The number of ether oxygens (including phenoxy) is 3. The first-order valence-corrected chi connectivity index (χ1v) is 11.9. The summed E-state index contributed by atoms with van der Waals surface area (Å²) >= 11 is 1.46. The smallest absolute Gasteiger partial charge is 0.337 e. The number of Topliss-reactive ketones (excluding diaryl/α,β-unsaturated/α-hetero) is 1. The van der Waals surface area contributed by atoms with E-state index in [2.05, 4.69) is 5.32 Å². The summed E-state index contributed by atoms with van der Waals surface area (Å²) < 4.78 is 15.8. The van der Waals surface area contributed by atoms with Gasteiger partial charge >= 0.3 is 11.9 Å². The number of allylic oxidation sites excluding steroid dienone is 3. The van der Waals surface area contributed by atoms with Gasteiger partial charge in [0.25, 0.3) is 0 Å². The van der Waals surface area contributed by atoms with Crippen LogP contribution in [0.15, 0.2) is 64.3 Å². The summed E-state index contributed by atoms with van der Waals surface area (Å²) in [6.45, 7) is 3.76. The molecule has 1 N–H and O–H groups in total. The highest BCUT2D eigenvalue weighted by Crippen LogP contribution is 2.46. The molecule has 1 aliphatic carbocycles. The third kappa shape index (κ3) is 4.37. The maximum atomic E-state index is 13.6. The van der Waals surface area contributed by atoms with Gasteiger partial charge in [0.15, 0.2) is 5.78 Å². The number of hydrogen-bond acceptors (Lipinski definition) is 8. The summed E-state index contributed by atoms with van der Waals surface area (Å²) in [5.74, 6) is -2.37. The quantitative estimate of drug-likeness (QED) is 0.490. The highest BCUT2D eigenvalue weighted by Gasteiger charge is 2.47. The molecule has 0 saturated carbocycles. The van der Waals surface area contributed by atoms with Crippen molar-refractivity contribution in [2.45, 2.75) is 32.8 Å². The van der Waals surface area contributed by atoms with Crippen LogP contribution >= 0.6 is 11.3 Å². The second kappa shape index (κ2) is 9.85. The maximum absolute atomic E-state index is 13.6. The van der Waals surface area contributed by atoms with Gasteiger partial charge in [-0.15, -0.1) is 11.3 Å². The van der Waals surface area contributed by atoms with Crippen LogP contribution in [0.25, 0.3) is 0 Å². The molecule has 2 heterocycles. The number of benzene rings is 1. The summed E-state index contributed by atoms with van der Waals surface area (Å²) in [6.07, 6.45) is 0.508. The average Bonchev–Trinajstić information content (AvgIpc) is 3.36. The first kappa shape index (κ1) is 23.8. The van der Waals surface area contributed by atoms with E-state index in [1.807, 2.05) is 43.5 Å². The molecule has 2 aliphatic rings. The molecule has 0 amide bonds. The standard InChI is InChI=1S/C26H27NO6S/c1-14-12-18-22(24(28)20(14)25(29)32-4)23(19-6-5-11-34-19)21(15(2)27-18)26(30)33-13-16-7-9-17(31-3)10-8-16/h5-11,14,20,23,27H,12-13H2,1-4H3/t14-,20+,23-/m0/s1. The number of thiophene rings is 1. The molecule has 4 rings (SSSR count). The Morgan fingerprint density at radius 2 is 1.88 bits per heavy atom. The molecule has 1 aliphatic heterocycles. The van der Waals surface area contributed by atoms with Gasteiger partial charge in [-0.3, -0.25) is 9.59 Å². The van der Waals surface area contributed by atoms with E-state index in [-0.39, 0.29) is 18.3 Å². The minimum Gasteiger partial charge on any atom is -0.497 e. The van der Waals surface area contributed by atoms with Crippen molar-refractivity contribution >= 4 is 29.1 Å². The highest BCUT2D eigenvalue weighted by atomic mass is 32.1. The molecule has 8 heteroatoms. The van der Waals surface area contributed by atoms with E-state index >= 15 is 0 Å². The molecule has 1 aromatic carbocycles. The second-order valence-electron chi connectivity index (χ2n) is 8.48. The molecule has 0 fully saturated rings. The van der Waals surface area contributed by atoms with Crippen LogP contribution in [-0.4, -0.2) is 31.9 Å². The van der Waals surface area contributed by atoms with Gasteiger partial charge in [-0.25, -0.2) is 4.79 Å². The van der Waals surface area contributed by atoms with Crippen LogP contribution in [0.4, 0.5) is 0 Å². The van der Waals surface area contributed by atoms with E-state index in [1.165, 1.54) is 18.4 Å². The van der Waals surface area contributed by atoms with Gasteiger partial charge in [0, 0.05) is 21.8 Å². The van der Waals surface area contributed by atoms with E-state index in [4.69, 9.17) is 14.2 Å². The molecule has 7 nitrogen and oxygen atoms in total. The summed E-state index contributed by atoms with van der Waals surface area (Å²) in [5, 5.41) is 5.17. The van der Waals surface area contributed by atoms with Crippen LogP contribution in [0, 0.1) is 11.8 Å². The Morgan fingerprint density at radius 3 is 2.50 bits per heavy atom. The summed E-state index contributed by atoms with van der Waals surface area (Å²) in [6, 6.07) is 11.0. The lowest BCUT2D eigenvalue weighted by atomic mass is 9.70. The van der Waals surface area contributed by atoms with E-state index in [0.29, 0.717) is 29.0 Å². The molecule has 0 spiro atoms. The number of dihydropyridines is 1. The third-order valence-corrected chi connectivity index (χ3v) is 7.26. The zero-order valence-corrected chi connectivity index (χ0v) is 20.4. The number of methoxy groups -OCH3 is 2. The molecule has 178 valence electrons. The number of esters is 2. The molecular formula is C26H27NO6S. The van der Waals surface area contributed by atoms with Crippen molar-refractivity contribution in [3.63, 3.8) is 0 Å². The normalized spacial score (nSPS) is 22.1. The zero-order valence-electron chi connectivity index (χ0n) is 19.5. The number of rotatable bonds is 6. The third-order valence-electron chi connectivity index (χ3n) is 6.32. The van der Waals surface area contributed by atoms with Gasteiger partial charge in [-0.1, -0.05) is 25.1 Å². The zero-order chi connectivity index (χ0) is 24.4. The summed E-state index contributed by atoms with van der Waals surface area (Å²) in [4.78, 5) is 40.3. The Hall–Kier alpha value is -3.39. The van der Waals surface area contributed by atoms with E-state index in [0.717, 1.165) is 16.1 Å². The van der Waals surface area contributed by atoms with Gasteiger partial charge < -0.3 is 19.5 Å². The molecular weight excluding hydrogens is 454 g/mol. The molecule has 0 unspecified atom stereocenters. The van der Waals surface area contributed by atoms with Crippen molar-refractivity contribution in [3.05, 3.63) is 74.8 Å². The van der Waals surface area contributed by atoms with Crippen molar-refractivity contribution in [3.8, 4) is 5.75 Å². The molecule has 3 atom stereocenters. The number of hydrogen-bond donors (Lipinski definition) is 1. The molecule has 2 aromatic rings. The fourth-order valence-corrected chi connectivity index (χ4v) is 5.48. The lowest BCUT2D eigenvalue weighted by Crippen LogP contribution is -2.43. The van der Waals surface area contributed by atoms with Gasteiger partial charge in [0.1, 0.15) is 18.3 Å². The van der Waals surface area contributed by atoms with Crippen LogP contribution in [0.5, 0.6) is 5.75 Å². The lowest BCUT2D eigenvalue weighted by molar-refractivity contribution is -0.151. The number of carbonyl (C=O) groups excluding carboxylic acids is 3. The minimum absolute atomic E-state index is 0.0818. The monoisotopic (exact) mass is 481 g/mol. The number of nitrogens with one attached hydrogen (secondary N) is 1. The maximum Gasteiger partial charge on any atom is 0.337 e. The Kier molecular flexibility index (Phi) is 6.88. The topological polar surface area (TPSA) is 90.9 Å². The van der Waals surface area contributed by atoms with E-state index < -0.39 is 23.8 Å². The van der Waals surface area contributed by atoms with Crippen LogP contribution < -0.4 is 10.1 Å². The largest absolute Gasteiger partial charge is 0.497 e. The van der Waals surface area contributed by atoms with E-state index in [9.17, 15) is 14.4 Å². The summed E-state index contributed by atoms with van der Waals surface area (Å²) in [5.41, 5.74) is 3.03. The average molecular weight is 482 g/mol. The van der Waals surface area contributed by atoms with Crippen molar-refractivity contribution in [1.82, 2.24) is 5.32 Å². The molecule has 0 bridgehead atoms. The fraction of sp³-hybridized carbons (Fsp3) is 0.346. The first-order valence-electron chi connectivity index (χ1n) is 11.0. The minimum atomic E-state index is -0.900. The van der Waals surface area contributed by atoms with Crippen molar-refractivity contribution in [2.24, 2.45) is 11.8 Å². The predicted molar refractivity (Wildman–Crippen MR) is 127 cm³/mol. The molecule has 0 saturated heterocycles. The van der Waals surface area contributed by atoms with E-state index in [1.54, 1.807) is 19.2 Å². The Balaban J connectivity index is 1.67. The van der Waals surface area contributed by atoms with Crippen LogP contribution in [0.3, 0.4) is 0 Å². The SMILES string of the molecule is COC(=O)[C@H]1C(=O)C2=C(C[C@@H]1C)NC(C)=C(C(=O)OCc1ccc(OC)cc1)[C@@H]2c1cccs1. The lowest BCUT2D eigenvalue weighted by Gasteiger charge is -2.37. The van der Waals surface area contributed by atoms with Gasteiger partial charge in [0.2, 0.25) is 0 Å². The number of carbonyl (C=O) groups is 3. The first-order chi connectivity index (χ1) is 16.3. The summed E-state index contributed by atoms with van der Waals surface area (Å²) in [7, 11) is 2.88. The van der Waals surface area contributed by atoms with Gasteiger partial charge in [-0.05, 0) is 48.4 Å². The van der Waals surface area contributed by atoms with Gasteiger partial charge in [-0.2, -0.15) is 0 Å².